The normalized spacial score (nSPS) is 22.2. The van der Waals surface area contributed by atoms with Gasteiger partial charge < -0.3 is 10.5 Å². The first kappa shape index (κ1) is 14.5. The molecule has 1 aliphatic rings. The van der Waals surface area contributed by atoms with Crippen LogP contribution in [0.2, 0.25) is 0 Å². The zero-order valence-corrected chi connectivity index (χ0v) is 12.5. The van der Waals surface area contributed by atoms with E-state index in [2.05, 4.69) is 45.0 Å². The second kappa shape index (κ2) is 6.06. The highest BCUT2D eigenvalue weighted by molar-refractivity contribution is 5.30. The van der Waals surface area contributed by atoms with Crippen molar-refractivity contribution in [1.82, 2.24) is 0 Å². The SMILES string of the molecule is CCC(C)(C)c1ccc(C(N)C2CCCOC2)cc1. The summed E-state index contributed by atoms with van der Waals surface area (Å²) < 4.78 is 5.54. The molecule has 1 aliphatic heterocycles. The van der Waals surface area contributed by atoms with Gasteiger partial charge in [0.25, 0.3) is 0 Å². The van der Waals surface area contributed by atoms with Crippen LogP contribution < -0.4 is 5.73 Å². The first-order valence-electron chi connectivity index (χ1n) is 7.48. The van der Waals surface area contributed by atoms with Crippen LogP contribution in [0.5, 0.6) is 0 Å². The van der Waals surface area contributed by atoms with Crippen LogP contribution >= 0.6 is 0 Å². The van der Waals surface area contributed by atoms with Gasteiger partial charge in [0.2, 0.25) is 0 Å². The van der Waals surface area contributed by atoms with Crippen LogP contribution in [0.25, 0.3) is 0 Å². The Kier molecular flexibility index (Phi) is 4.64. The first-order valence-corrected chi connectivity index (χ1v) is 7.48. The molecule has 106 valence electrons. The summed E-state index contributed by atoms with van der Waals surface area (Å²) in [5, 5.41) is 0. The standard InChI is InChI=1S/C17H27NO/c1-4-17(2,3)15-9-7-13(8-10-15)16(18)14-6-5-11-19-12-14/h7-10,14,16H,4-6,11-12,18H2,1-3H3. The molecular weight excluding hydrogens is 234 g/mol. The number of nitrogens with two attached hydrogens (primary N) is 1. The summed E-state index contributed by atoms with van der Waals surface area (Å²) in [5.41, 5.74) is 9.26. The minimum absolute atomic E-state index is 0.110. The Morgan fingerprint density at radius 1 is 1.32 bits per heavy atom. The molecule has 1 aromatic rings. The molecule has 19 heavy (non-hydrogen) atoms. The second-order valence-electron chi connectivity index (χ2n) is 6.36. The molecule has 2 nitrogen and oxygen atoms in total. The van der Waals surface area contributed by atoms with E-state index in [-0.39, 0.29) is 11.5 Å². The molecular formula is C17H27NO. The third-order valence-corrected chi connectivity index (χ3v) is 4.66. The van der Waals surface area contributed by atoms with E-state index < -0.39 is 0 Å². The molecule has 1 saturated heterocycles. The highest BCUT2D eigenvalue weighted by Crippen LogP contribution is 2.30. The molecule has 1 aromatic carbocycles. The minimum Gasteiger partial charge on any atom is -0.381 e. The Bertz CT molecular complexity index is 390. The zero-order chi connectivity index (χ0) is 13.9. The zero-order valence-electron chi connectivity index (χ0n) is 12.5. The summed E-state index contributed by atoms with van der Waals surface area (Å²) in [6.07, 6.45) is 3.47. The molecule has 1 heterocycles. The van der Waals surface area contributed by atoms with E-state index in [9.17, 15) is 0 Å². The number of hydrogen-bond donors (Lipinski definition) is 1. The average molecular weight is 261 g/mol. The van der Waals surface area contributed by atoms with E-state index in [4.69, 9.17) is 10.5 Å². The highest BCUT2D eigenvalue weighted by Gasteiger charge is 2.23. The molecule has 0 saturated carbocycles. The maximum absolute atomic E-state index is 6.38. The molecule has 0 radical (unpaired) electrons. The predicted molar refractivity (Wildman–Crippen MR) is 80.2 cm³/mol. The fraction of sp³-hybridized carbons (Fsp3) is 0.647. The maximum atomic E-state index is 6.38. The van der Waals surface area contributed by atoms with E-state index >= 15 is 0 Å². The lowest BCUT2D eigenvalue weighted by Gasteiger charge is -2.29. The third-order valence-electron chi connectivity index (χ3n) is 4.66. The Labute approximate surface area is 117 Å². The van der Waals surface area contributed by atoms with Gasteiger partial charge in [-0.15, -0.1) is 0 Å². The molecule has 2 rings (SSSR count). The van der Waals surface area contributed by atoms with E-state index in [1.165, 1.54) is 17.5 Å². The summed E-state index contributed by atoms with van der Waals surface area (Å²) in [5.74, 6) is 0.471. The van der Waals surface area contributed by atoms with Crippen molar-refractivity contribution in [3.05, 3.63) is 35.4 Å². The predicted octanol–water partition coefficient (Wildman–Crippen LogP) is 3.80. The van der Waals surface area contributed by atoms with Gasteiger partial charge in [-0.25, -0.2) is 0 Å². The van der Waals surface area contributed by atoms with Crippen molar-refractivity contribution in [3.63, 3.8) is 0 Å². The Morgan fingerprint density at radius 3 is 2.53 bits per heavy atom. The summed E-state index contributed by atoms with van der Waals surface area (Å²) in [7, 11) is 0. The van der Waals surface area contributed by atoms with Crippen LogP contribution in [0, 0.1) is 5.92 Å². The van der Waals surface area contributed by atoms with Gasteiger partial charge in [0.1, 0.15) is 0 Å². The van der Waals surface area contributed by atoms with Crippen molar-refractivity contribution in [2.45, 2.75) is 51.5 Å². The van der Waals surface area contributed by atoms with Crippen LogP contribution in [0.15, 0.2) is 24.3 Å². The summed E-state index contributed by atoms with van der Waals surface area (Å²) >= 11 is 0. The van der Waals surface area contributed by atoms with E-state index in [1.54, 1.807) is 0 Å². The van der Waals surface area contributed by atoms with Gasteiger partial charge in [-0.3, -0.25) is 0 Å². The fourth-order valence-corrected chi connectivity index (χ4v) is 2.68. The van der Waals surface area contributed by atoms with Crippen molar-refractivity contribution in [2.24, 2.45) is 11.7 Å². The number of hydrogen-bond acceptors (Lipinski definition) is 2. The van der Waals surface area contributed by atoms with Crippen molar-refractivity contribution in [3.8, 4) is 0 Å². The second-order valence-corrected chi connectivity index (χ2v) is 6.36. The van der Waals surface area contributed by atoms with Crippen LogP contribution in [0.1, 0.15) is 57.2 Å². The fourth-order valence-electron chi connectivity index (χ4n) is 2.68. The monoisotopic (exact) mass is 261 g/mol. The van der Waals surface area contributed by atoms with Crippen molar-refractivity contribution in [2.75, 3.05) is 13.2 Å². The molecule has 2 heteroatoms. The Balaban J connectivity index is 2.09. The van der Waals surface area contributed by atoms with Gasteiger partial charge >= 0.3 is 0 Å². The summed E-state index contributed by atoms with van der Waals surface area (Å²) in [6.45, 7) is 8.52. The van der Waals surface area contributed by atoms with Crippen LogP contribution in [-0.4, -0.2) is 13.2 Å². The summed E-state index contributed by atoms with van der Waals surface area (Å²) in [4.78, 5) is 0. The van der Waals surface area contributed by atoms with Gasteiger partial charge in [-0.2, -0.15) is 0 Å². The highest BCUT2D eigenvalue weighted by atomic mass is 16.5. The molecule has 2 atom stereocenters. The van der Waals surface area contributed by atoms with Crippen molar-refractivity contribution in [1.29, 1.82) is 0 Å². The van der Waals surface area contributed by atoms with Crippen LogP contribution in [-0.2, 0) is 10.2 Å². The Morgan fingerprint density at radius 2 is 2.00 bits per heavy atom. The largest absolute Gasteiger partial charge is 0.381 e. The van der Waals surface area contributed by atoms with Gasteiger partial charge in [0.15, 0.2) is 0 Å². The van der Waals surface area contributed by atoms with Crippen molar-refractivity contribution < 1.29 is 4.74 Å². The average Bonchev–Trinajstić information content (AvgIpc) is 2.47. The molecule has 0 amide bonds. The van der Waals surface area contributed by atoms with Gasteiger partial charge in [-0.05, 0) is 35.8 Å². The molecule has 0 aromatic heterocycles. The van der Waals surface area contributed by atoms with E-state index in [1.807, 2.05) is 0 Å². The Hall–Kier alpha value is -0.860. The smallest absolute Gasteiger partial charge is 0.0512 e. The molecule has 2 unspecified atom stereocenters. The lowest BCUT2D eigenvalue weighted by Crippen LogP contribution is -2.29. The topological polar surface area (TPSA) is 35.2 Å². The lowest BCUT2D eigenvalue weighted by atomic mass is 9.81. The lowest BCUT2D eigenvalue weighted by molar-refractivity contribution is 0.0447. The van der Waals surface area contributed by atoms with Gasteiger partial charge in [0, 0.05) is 18.6 Å². The molecule has 0 bridgehead atoms. The minimum atomic E-state index is 0.110. The molecule has 2 N–H and O–H groups in total. The van der Waals surface area contributed by atoms with Gasteiger partial charge in [-0.1, -0.05) is 45.0 Å². The third kappa shape index (κ3) is 3.37. The van der Waals surface area contributed by atoms with Crippen LogP contribution in [0.3, 0.4) is 0 Å². The first-order chi connectivity index (χ1) is 9.04. The molecule has 1 fully saturated rings. The van der Waals surface area contributed by atoms with Gasteiger partial charge in [0.05, 0.1) is 6.61 Å². The summed E-state index contributed by atoms with van der Waals surface area (Å²) in [6, 6.07) is 8.99. The van der Waals surface area contributed by atoms with E-state index in [0.29, 0.717) is 5.92 Å². The number of ether oxygens (including phenoxy) is 1. The molecule has 0 aliphatic carbocycles. The number of benzene rings is 1. The van der Waals surface area contributed by atoms with Crippen molar-refractivity contribution >= 4 is 0 Å². The molecule has 0 spiro atoms. The van der Waals surface area contributed by atoms with Crippen LogP contribution in [0.4, 0.5) is 0 Å². The van der Waals surface area contributed by atoms with E-state index in [0.717, 1.165) is 26.1 Å². The maximum Gasteiger partial charge on any atom is 0.0512 e. The number of rotatable bonds is 4. The quantitative estimate of drug-likeness (QED) is 0.894.